The Morgan fingerprint density at radius 2 is 1.83 bits per heavy atom. The van der Waals surface area contributed by atoms with Gasteiger partial charge in [-0.1, -0.05) is 69.5 Å². The number of unbranched alkanes of at least 4 members (excludes halogenated alkanes) is 1. The van der Waals surface area contributed by atoms with Gasteiger partial charge in [-0.05, 0) is 84.9 Å². The lowest BCUT2D eigenvalue weighted by molar-refractivity contribution is -0.139. The molecule has 3 aromatic rings. The molecule has 2 aromatic carbocycles. The number of nitrogens with zero attached hydrogens (tertiary/aromatic N) is 4. The molecule has 2 unspecified atom stereocenters. The second kappa shape index (κ2) is 13.3. The van der Waals surface area contributed by atoms with Gasteiger partial charge in [0.2, 0.25) is 5.91 Å². The van der Waals surface area contributed by atoms with Gasteiger partial charge in [0.15, 0.2) is 5.82 Å². The Morgan fingerprint density at radius 1 is 1.13 bits per heavy atom. The predicted molar refractivity (Wildman–Crippen MR) is 167 cm³/mol. The summed E-state index contributed by atoms with van der Waals surface area (Å²) in [5.41, 5.74) is -0.0482. The Kier molecular flexibility index (Phi) is 9.79. The van der Waals surface area contributed by atoms with Crippen LogP contribution in [0.25, 0.3) is 0 Å². The molecule has 248 valence electrons. The minimum Gasteiger partial charge on any atom is -0.345 e. The highest BCUT2D eigenvalue weighted by Gasteiger charge is 2.55. The van der Waals surface area contributed by atoms with Crippen molar-refractivity contribution in [3.8, 4) is 0 Å². The SMILES string of the molecule is CCCCC(c1ccc(C(=O)NCc2nn[nH]n2)cc1)N1C(=O)C(c2cc(Cl)cc(C(F)(F)F)c2)NC12CCC(C(C)(C)C)CC2. The minimum atomic E-state index is -4.60. The Hall–Kier alpha value is -3.51. The van der Waals surface area contributed by atoms with Crippen LogP contribution in [0.5, 0.6) is 0 Å². The van der Waals surface area contributed by atoms with E-state index in [-0.39, 0.29) is 40.4 Å². The molecule has 13 heteroatoms. The van der Waals surface area contributed by atoms with E-state index in [9.17, 15) is 22.8 Å². The van der Waals surface area contributed by atoms with Gasteiger partial charge in [-0.15, -0.1) is 10.2 Å². The highest BCUT2D eigenvalue weighted by molar-refractivity contribution is 6.30. The molecule has 2 aliphatic rings. The van der Waals surface area contributed by atoms with Crippen molar-refractivity contribution >= 4 is 23.4 Å². The molecule has 3 N–H and O–H groups in total. The number of aromatic nitrogens is 4. The van der Waals surface area contributed by atoms with Crippen LogP contribution in [-0.4, -0.2) is 43.0 Å². The quantitative estimate of drug-likeness (QED) is 0.225. The fourth-order valence-electron chi connectivity index (χ4n) is 6.93. The number of carbonyl (C=O) groups excluding carboxylic acids is 2. The molecule has 1 spiro atoms. The normalized spacial score (nSPS) is 22.8. The highest BCUT2D eigenvalue weighted by Crippen LogP contribution is 2.50. The van der Waals surface area contributed by atoms with Crippen molar-refractivity contribution in [3.63, 3.8) is 0 Å². The van der Waals surface area contributed by atoms with Gasteiger partial charge < -0.3 is 10.2 Å². The van der Waals surface area contributed by atoms with Crippen LogP contribution in [-0.2, 0) is 17.5 Å². The summed E-state index contributed by atoms with van der Waals surface area (Å²) in [5, 5.41) is 19.8. The topological polar surface area (TPSA) is 116 Å². The van der Waals surface area contributed by atoms with Gasteiger partial charge in [0, 0.05) is 10.6 Å². The molecule has 2 atom stereocenters. The summed E-state index contributed by atoms with van der Waals surface area (Å²) in [6, 6.07) is 9.20. The first-order valence-electron chi connectivity index (χ1n) is 15.8. The van der Waals surface area contributed by atoms with Crippen LogP contribution in [0.1, 0.15) is 118 Å². The first kappa shape index (κ1) is 33.8. The van der Waals surface area contributed by atoms with Crippen LogP contribution >= 0.6 is 11.6 Å². The van der Waals surface area contributed by atoms with Gasteiger partial charge >= 0.3 is 6.18 Å². The average Bonchev–Trinajstić information content (AvgIpc) is 3.62. The third kappa shape index (κ3) is 7.22. The molecule has 46 heavy (non-hydrogen) atoms. The largest absolute Gasteiger partial charge is 0.416 e. The molecule has 0 bridgehead atoms. The van der Waals surface area contributed by atoms with Crippen molar-refractivity contribution in [1.29, 1.82) is 0 Å². The maximum Gasteiger partial charge on any atom is 0.416 e. The second-order valence-electron chi connectivity index (χ2n) is 13.5. The lowest BCUT2D eigenvalue weighted by Crippen LogP contribution is -2.56. The molecule has 2 heterocycles. The van der Waals surface area contributed by atoms with E-state index in [2.05, 4.69) is 59.0 Å². The van der Waals surface area contributed by atoms with Crippen molar-refractivity contribution in [1.82, 2.24) is 36.2 Å². The van der Waals surface area contributed by atoms with E-state index in [4.69, 9.17) is 11.6 Å². The summed E-state index contributed by atoms with van der Waals surface area (Å²) in [7, 11) is 0. The number of H-pyrrole nitrogens is 1. The standard InChI is InChI=1S/C33H41ClF3N7O2/c1-5-6-7-26(20-8-10-21(11-9-20)29(45)38-19-27-40-42-43-41-27)44-30(46)28(22-16-24(33(35,36)37)18-25(34)17-22)39-32(44)14-12-23(13-15-32)31(2,3)4/h8-11,16-18,23,26,28,39H,5-7,12-15,19H2,1-4H3,(H,38,45)(H,40,41,42,43). The first-order chi connectivity index (χ1) is 21.7. The van der Waals surface area contributed by atoms with Crippen LogP contribution in [0, 0.1) is 11.3 Å². The second-order valence-corrected chi connectivity index (χ2v) is 14.0. The number of carbonyl (C=O) groups is 2. The molecule has 1 saturated heterocycles. The van der Waals surface area contributed by atoms with E-state index in [1.807, 2.05) is 17.0 Å². The molecular weight excluding hydrogens is 619 g/mol. The van der Waals surface area contributed by atoms with Gasteiger partial charge in [-0.3, -0.25) is 14.9 Å². The molecule has 1 aliphatic carbocycles. The number of benzene rings is 2. The van der Waals surface area contributed by atoms with Crippen molar-refractivity contribution in [2.45, 2.75) is 103 Å². The summed E-state index contributed by atoms with van der Waals surface area (Å²) in [5.74, 6) is 0.220. The van der Waals surface area contributed by atoms with E-state index in [1.54, 1.807) is 12.1 Å². The third-order valence-corrected chi connectivity index (χ3v) is 9.69. The fourth-order valence-corrected chi connectivity index (χ4v) is 7.18. The molecule has 5 rings (SSSR count). The molecule has 2 fully saturated rings. The number of hydrogen-bond acceptors (Lipinski definition) is 6. The number of alkyl halides is 3. The average molecular weight is 660 g/mol. The smallest absolute Gasteiger partial charge is 0.345 e. The monoisotopic (exact) mass is 659 g/mol. The summed E-state index contributed by atoms with van der Waals surface area (Å²) in [6.45, 7) is 8.85. The Balaban J connectivity index is 1.49. The molecule has 1 aromatic heterocycles. The summed E-state index contributed by atoms with van der Waals surface area (Å²) in [6.07, 6.45) is 0.871. The van der Waals surface area contributed by atoms with Crippen LogP contribution in [0.3, 0.4) is 0 Å². The van der Waals surface area contributed by atoms with Crippen molar-refractivity contribution in [2.75, 3.05) is 0 Å². The van der Waals surface area contributed by atoms with E-state index < -0.39 is 23.4 Å². The number of nitrogens with one attached hydrogen (secondary N) is 3. The van der Waals surface area contributed by atoms with E-state index in [1.165, 1.54) is 6.07 Å². The zero-order chi connectivity index (χ0) is 33.3. The zero-order valence-electron chi connectivity index (χ0n) is 26.5. The molecule has 0 radical (unpaired) electrons. The Bertz CT molecular complexity index is 1520. The van der Waals surface area contributed by atoms with Crippen LogP contribution in [0.15, 0.2) is 42.5 Å². The highest BCUT2D eigenvalue weighted by atomic mass is 35.5. The molecule has 9 nitrogen and oxygen atoms in total. The number of halogens is 4. The van der Waals surface area contributed by atoms with E-state index in [0.717, 1.165) is 43.4 Å². The van der Waals surface area contributed by atoms with Gasteiger partial charge in [-0.2, -0.15) is 18.4 Å². The van der Waals surface area contributed by atoms with Crippen molar-refractivity contribution in [3.05, 3.63) is 75.6 Å². The van der Waals surface area contributed by atoms with Crippen LogP contribution in [0.2, 0.25) is 5.02 Å². The van der Waals surface area contributed by atoms with E-state index >= 15 is 0 Å². The molecular formula is C33H41ClF3N7O2. The number of rotatable bonds is 9. The van der Waals surface area contributed by atoms with Gasteiger partial charge in [-0.25, -0.2) is 0 Å². The number of tetrazole rings is 1. The molecule has 1 saturated carbocycles. The predicted octanol–water partition coefficient (Wildman–Crippen LogP) is 7.14. The van der Waals surface area contributed by atoms with Crippen molar-refractivity contribution < 1.29 is 22.8 Å². The molecule has 2 amide bonds. The first-order valence-corrected chi connectivity index (χ1v) is 16.2. The van der Waals surface area contributed by atoms with Crippen LogP contribution < -0.4 is 10.6 Å². The lowest BCUT2D eigenvalue weighted by atomic mass is 9.69. The maximum absolute atomic E-state index is 14.5. The molecule has 1 aliphatic heterocycles. The van der Waals surface area contributed by atoms with Gasteiger partial charge in [0.25, 0.3) is 5.91 Å². The van der Waals surface area contributed by atoms with Crippen LogP contribution in [0.4, 0.5) is 13.2 Å². The zero-order valence-corrected chi connectivity index (χ0v) is 27.3. The Morgan fingerprint density at radius 3 is 2.41 bits per heavy atom. The summed E-state index contributed by atoms with van der Waals surface area (Å²) >= 11 is 6.19. The van der Waals surface area contributed by atoms with Crippen molar-refractivity contribution in [2.24, 2.45) is 11.3 Å². The summed E-state index contributed by atoms with van der Waals surface area (Å²) < 4.78 is 41.4. The third-order valence-electron chi connectivity index (χ3n) is 9.47. The maximum atomic E-state index is 14.5. The fraction of sp³-hybridized carbons (Fsp3) is 0.545. The van der Waals surface area contributed by atoms with Gasteiger partial charge in [0.1, 0.15) is 6.04 Å². The lowest BCUT2D eigenvalue weighted by Gasteiger charge is -2.49. The summed E-state index contributed by atoms with van der Waals surface area (Å²) in [4.78, 5) is 29.3. The Labute approximate surface area is 272 Å². The van der Waals surface area contributed by atoms with Gasteiger partial charge in [0.05, 0.1) is 23.8 Å². The number of hydrogen-bond donors (Lipinski definition) is 3. The number of amides is 2. The number of aromatic amines is 1. The minimum absolute atomic E-state index is 0.0703. The van der Waals surface area contributed by atoms with E-state index in [0.29, 0.717) is 36.6 Å².